The monoisotopic (exact) mass is 359 g/mol. The highest BCUT2D eigenvalue weighted by Crippen LogP contribution is 2.35. The Morgan fingerprint density at radius 1 is 1.38 bits per heavy atom. The van der Waals surface area contributed by atoms with E-state index in [9.17, 15) is 9.18 Å². The first-order chi connectivity index (χ1) is 12.6. The van der Waals surface area contributed by atoms with Gasteiger partial charge in [-0.15, -0.1) is 0 Å². The van der Waals surface area contributed by atoms with Crippen molar-refractivity contribution in [3.63, 3.8) is 0 Å². The van der Waals surface area contributed by atoms with Crippen LogP contribution in [0.3, 0.4) is 0 Å². The fourth-order valence-corrected chi connectivity index (χ4v) is 4.23. The number of fused-ring (bicyclic) bond motifs is 2. The molecule has 1 amide bonds. The topological polar surface area (TPSA) is 84.2 Å². The Morgan fingerprint density at radius 3 is 2.85 bits per heavy atom. The van der Waals surface area contributed by atoms with Crippen molar-refractivity contribution in [1.29, 1.82) is 0 Å². The SMILES string of the molecule is Cc1ncc(F)c(NC2CC3CCCC(C2)N3C(=O)Cc2ccon2)n1. The number of nitrogens with one attached hydrogen (secondary N) is 1. The second-order valence-electron chi connectivity index (χ2n) is 7.13. The number of amides is 1. The van der Waals surface area contributed by atoms with Gasteiger partial charge in [0.1, 0.15) is 12.1 Å². The second-order valence-corrected chi connectivity index (χ2v) is 7.13. The van der Waals surface area contributed by atoms with Crippen LogP contribution in [0.2, 0.25) is 0 Å². The Bertz CT molecular complexity index is 768. The number of nitrogens with zero attached hydrogens (tertiary/aromatic N) is 4. The predicted molar refractivity (Wildman–Crippen MR) is 91.9 cm³/mol. The van der Waals surface area contributed by atoms with Crippen LogP contribution in [0.25, 0.3) is 0 Å². The third-order valence-corrected chi connectivity index (χ3v) is 5.29. The molecule has 26 heavy (non-hydrogen) atoms. The fraction of sp³-hybridized carbons (Fsp3) is 0.556. The first kappa shape index (κ1) is 16.9. The highest BCUT2D eigenvalue weighted by atomic mass is 19.1. The smallest absolute Gasteiger partial charge is 0.229 e. The third kappa shape index (κ3) is 3.40. The molecule has 0 aromatic carbocycles. The van der Waals surface area contributed by atoms with Crippen LogP contribution in [0.5, 0.6) is 0 Å². The van der Waals surface area contributed by atoms with Gasteiger partial charge in [0.25, 0.3) is 0 Å². The lowest BCUT2D eigenvalue weighted by molar-refractivity contribution is -0.140. The van der Waals surface area contributed by atoms with Crippen molar-refractivity contribution in [2.45, 2.75) is 63.6 Å². The lowest BCUT2D eigenvalue weighted by atomic mass is 9.81. The number of carbonyl (C=O) groups excluding carboxylic acids is 1. The first-order valence-electron chi connectivity index (χ1n) is 9.06. The summed E-state index contributed by atoms with van der Waals surface area (Å²) in [6, 6.07) is 2.17. The molecular weight excluding hydrogens is 337 g/mol. The van der Waals surface area contributed by atoms with E-state index in [2.05, 4.69) is 20.4 Å². The van der Waals surface area contributed by atoms with Gasteiger partial charge in [-0.05, 0) is 39.0 Å². The van der Waals surface area contributed by atoms with Gasteiger partial charge in [0.05, 0.1) is 18.3 Å². The van der Waals surface area contributed by atoms with Crippen molar-refractivity contribution < 1.29 is 13.7 Å². The summed E-state index contributed by atoms with van der Waals surface area (Å²) in [7, 11) is 0. The van der Waals surface area contributed by atoms with Crippen LogP contribution in [0.15, 0.2) is 23.0 Å². The van der Waals surface area contributed by atoms with E-state index in [-0.39, 0.29) is 36.3 Å². The van der Waals surface area contributed by atoms with E-state index in [0.717, 1.165) is 32.1 Å². The summed E-state index contributed by atoms with van der Waals surface area (Å²) in [6.45, 7) is 1.74. The molecule has 2 atom stereocenters. The van der Waals surface area contributed by atoms with Gasteiger partial charge < -0.3 is 14.7 Å². The number of hydrogen-bond acceptors (Lipinski definition) is 6. The Balaban J connectivity index is 1.46. The van der Waals surface area contributed by atoms with Crippen LogP contribution >= 0.6 is 0 Å². The third-order valence-electron chi connectivity index (χ3n) is 5.29. The van der Waals surface area contributed by atoms with Crippen molar-refractivity contribution in [3.8, 4) is 0 Å². The summed E-state index contributed by atoms with van der Waals surface area (Å²) < 4.78 is 18.8. The molecule has 1 N–H and O–H groups in total. The van der Waals surface area contributed by atoms with Gasteiger partial charge in [-0.1, -0.05) is 5.16 Å². The quantitative estimate of drug-likeness (QED) is 0.903. The van der Waals surface area contributed by atoms with Gasteiger partial charge in [0.15, 0.2) is 11.6 Å². The summed E-state index contributed by atoms with van der Waals surface area (Å²) in [6.07, 6.45) is 7.61. The molecule has 138 valence electrons. The average molecular weight is 359 g/mol. The highest BCUT2D eigenvalue weighted by Gasteiger charge is 2.41. The number of halogens is 1. The molecule has 0 saturated carbocycles. The molecular formula is C18H22FN5O2. The molecule has 2 aromatic rings. The molecule has 2 saturated heterocycles. The van der Waals surface area contributed by atoms with Gasteiger partial charge >= 0.3 is 0 Å². The van der Waals surface area contributed by atoms with Gasteiger partial charge in [-0.3, -0.25) is 4.79 Å². The van der Waals surface area contributed by atoms with Gasteiger partial charge in [0, 0.05) is 24.2 Å². The summed E-state index contributed by atoms with van der Waals surface area (Å²) in [5, 5.41) is 7.08. The van der Waals surface area contributed by atoms with Gasteiger partial charge in [0.2, 0.25) is 5.91 Å². The van der Waals surface area contributed by atoms with Crippen molar-refractivity contribution >= 4 is 11.7 Å². The largest absolute Gasteiger partial charge is 0.365 e. The van der Waals surface area contributed by atoms with Crippen LogP contribution in [-0.4, -0.2) is 44.1 Å². The van der Waals surface area contributed by atoms with Crippen molar-refractivity contribution in [1.82, 2.24) is 20.0 Å². The number of carbonyl (C=O) groups is 1. The van der Waals surface area contributed by atoms with Crippen LogP contribution in [-0.2, 0) is 11.2 Å². The maximum Gasteiger partial charge on any atom is 0.229 e. The van der Waals surface area contributed by atoms with E-state index in [4.69, 9.17) is 4.52 Å². The number of piperidine rings is 2. The molecule has 2 fully saturated rings. The number of aromatic nitrogens is 3. The molecule has 2 bridgehead atoms. The molecule has 0 radical (unpaired) electrons. The van der Waals surface area contributed by atoms with E-state index in [1.165, 1.54) is 12.5 Å². The average Bonchev–Trinajstić information content (AvgIpc) is 3.10. The Hall–Kier alpha value is -2.51. The lowest BCUT2D eigenvalue weighted by Crippen LogP contribution is -2.57. The molecule has 0 spiro atoms. The van der Waals surface area contributed by atoms with E-state index in [0.29, 0.717) is 11.5 Å². The Labute approximate surface area is 151 Å². The van der Waals surface area contributed by atoms with Crippen LogP contribution in [0.4, 0.5) is 10.2 Å². The standard InChI is InChI=1S/C18H22FN5O2/c1-11-20-10-16(19)18(21-11)22-13-7-14-3-2-4-15(8-13)24(14)17(25)9-12-5-6-26-23-12/h5-6,10,13-15H,2-4,7-9H2,1H3,(H,20,21,22). The number of aryl methyl sites for hydroxylation is 1. The van der Waals surface area contributed by atoms with E-state index in [1.807, 2.05) is 4.90 Å². The number of anilines is 1. The predicted octanol–water partition coefficient (Wildman–Crippen LogP) is 2.48. The Kier molecular flexibility index (Phi) is 4.57. The molecule has 7 nitrogen and oxygen atoms in total. The number of rotatable bonds is 4. The van der Waals surface area contributed by atoms with Gasteiger partial charge in [-0.25, -0.2) is 14.4 Å². The van der Waals surface area contributed by atoms with Crippen molar-refractivity contribution in [2.75, 3.05) is 5.32 Å². The summed E-state index contributed by atoms with van der Waals surface area (Å²) in [5.41, 5.74) is 0.659. The maximum atomic E-state index is 14.0. The maximum absolute atomic E-state index is 14.0. The van der Waals surface area contributed by atoms with Crippen LogP contribution in [0.1, 0.15) is 43.6 Å². The molecule has 4 rings (SSSR count). The lowest BCUT2D eigenvalue weighted by Gasteiger charge is -2.49. The molecule has 4 heterocycles. The molecule has 2 unspecified atom stereocenters. The minimum Gasteiger partial charge on any atom is -0.365 e. The van der Waals surface area contributed by atoms with E-state index in [1.54, 1.807) is 13.0 Å². The minimum atomic E-state index is -0.440. The van der Waals surface area contributed by atoms with E-state index >= 15 is 0 Å². The van der Waals surface area contributed by atoms with Gasteiger partial charge in [-0.2, -0.15) is 0 Å². The molecule has 8 heteroatoms. The highest BCUT2D eigenvalue weighted by molar-refractivity contribution is 5.79. The normalized spacial score (nSPS) is 25.2. The second kappa shape index (κ2) is 7.01. The first-order valence-corrected chi connectivity index (χ1v) is 9.06. The summed E-state index contributed by atoms with van der Waals surface area (Å²) in [5.74, 6) is 0.443. The summed E-state index contributed by atoms with van der Waals surface area (Å²) >= 11 is 0. The van der Waals surface area contributed by atoms with Crippen molar-refractivity contribution in [3.05, 3.63) is 35.9 Å². The van der Waals surface area contributed by atoms with Crippen LogP contribution < -0.4 is 5.32 Å². The zero-order valence-electron chi connectivity index (χ0n) is 14.7. The molecule has 2 aromatic heterocycles. The van der Waals surface area contributed by atoms with E-state index < -0.39 is 5.82 Å². The van der Waals surface area contributed by atoms with Crippen molar-refractivity contribution in [2.24, 2.45) is 0 Å². The molecule has 2 aliphatic heterocycles. The fourth-order valence-electron chi connectivity index (χ4n) is 4.23. The molecule has 0 aliphatic carbocycles. The zero-order valence-corrected chi connectivity index (χ0v) is 14.7. The van der Waals surface area contributed by atoms with Crippen LogP contribution in [0, 0.1) is 12.7 Å². The number of hydrogen-bond donors (Lipinski definition) is 1. The summed E-state index contributed by atoms with van der Waals surface area (Å²) in [4.78, 5) is 22.8. The Morgan fingerprint density at radius 2 is 2.15 bits per heavy atom. The molecule has 2 aliphatic rings. The zero-order chi connectivity index (χ0) is 18.1. The minimum absolute atomic E-state index is 0.0936.